The second kappa shape index (κ2) is 8.91. The molecule has 2 N–H and O–H groups in total. The lowest BCUT2D eigenvalue weighted by Crippen LogP contribution is -2.32. The van der Waals surface area contributed by atoms with Gasteiger partial charge in [-0.15, -0.1) is 0 Å². The highest BCUT2D eigenvalue weighted by molar-refractivity contribution is 6.30. The van der Waals surface area contributed by atoms with Crippen LogP contribution in [0.4, 0.5) is 10.1 Å². The third kappa shape index (κ3) is 5.82. The van der Waals surface area contributed by atoms with E-state index >= 15 is 0 Å². The minimum Gasteiger partial charge on any atom is -0.454 e. The standard InChI is InChI=1S/C17H15ClFN3O4/c1-10-2-3-12(7-13(10)19)22-15(23)9-26-16(24)8-21-17(25)14-6-11(18)4-5-20-14/h2-7H,8-9H2,1H3,(H,21,25)(H,22,23). The van der Waals surface area contributed by atoms with Crippen LogP contribution in [0.3, 0.4) is 0 Å². The first-order valence-corrected chi connectivity index (χ1v) is 7.84. The Hall–Kier alpha value is -3.00. The highest BCUT2D eigenvalue weighted by Crippen LogP contribution is 2.13. The molecule has 0 spiro atoms. The molecule has 0 aliphatic rings. The van der Waals surface area contributed by atoms with Gasteiger partial charge >= 0.3 is 5.97 Å². The lowest BCUT2D eigenvalue weighted by atomic mass is 10.2. The summed E-state index contributed by atoms with van der Waals surface area (Å²) in [5.41, 5.74) is 0.735. The van der Waals surface area contributed by atoms with E-state index < -0.39 is 36.8 Å². The van der Waals surface area contributed by atoms with Gasteiger partial charge in [-0.05, 0) is 36.8 Å². The van der Waals surface area contributed by atoms with Crippen LogP contribution in [0.15, 0.2) is 36.5 Å². The molecule has 2 rings (SSSR count). The minimum absolute atomic E-state index is 0.0458. The number of aryl methyl sites for hydroxylation is 1. The van der Waals surface area contributed by atoms with Crippen molar-refractivity contribution >= 4 is 35.1 Å². The van der Waals surface area contributed by atoms with E-state index in [1.165, 1.54) is 30.5 Å². The number of carbonyl (C=O) groups is 3. The van der Waals surface area contributed by atoms with Crippen molar-refractivity contribution in [3.8, 4) is 0 Å². The zero-order valence-corrected chi connectivity index (χ0v) is 14.5. The quantitative estimate of drug-likeness (QED) is 0.749. The van der Waals surface area contributed by atoms with Gasteiger partial charge in [-0.1, -0.05) is 17.7 Å². The predicted octanol–water partition coefficient (Wildman–Crippen LogP) is 2.09. The Bertz CT molecular complexity index is 845. The highest BCUT2D eigenvalue weighted by Gasteiger charge is 2.12. The van der Waals surface area contributed by atoms with Crippen molar-refractivity contribution in [1.29, 1.82) is 0 Å². The van der Waals surface area contributed by atoms with Crippen molar-refractivity contribution in [3.63, 3.8) is 0 Å². The monoisotopic (exact) mass is 379 g/mol. The van der Waals surface area contributed by atoms with E-state index in [1.807, 2.05) is 0 Å². The number of hydrogen-bond donors (Lipinski definition) is 2. The van der Waals surface area contributed by atoms with Crippen molar-refractivity contribution in [1.82, 2.24) is 10.3 Å². The lowest BCUT2D eigenvalue weighted by molar-refractivity contribution is -0.146. The Kier molecular flexibility index (Phi) is 6.62. The third-order valence-corrected chi connectivity index (χ3v) is 3.40. The summed E-state index contributed by atoms with van der Waals surface area (Å²) < 4.78 is 18.1. The van der Waals surface area contributed by atoms with Gasteiger partial charge in [0.05, 0.1) is 0 Å². The molecule has 0 saturated carbocycles. The van der Waals surface area contributed by atoms with Crippen molar-refractivity contribution in [2.75, 3.05) is 18.5 Å². The Labute approximate surface area is 153 Å². The normalized spacial score (nSPS) is 10.1. The maximum Gasteiger partial charge on any atom is 0.325 e. The second-order valence-corrected chi connectivity index (χ2v) is 5.65. The van der Waals surface area contributed by atoms with Crippen molar-refractivity contribution in [2.45, 2.75) is 6.92 Å². The molecule has 0 bridgehead atoms. The van der Waals surface area contributed by atoms with Crippen molar-refractivity contribution in [2.24, 2.45) is 0 Å². The molecule has 1 aromatic carbocycles. The molecule has 0 fully saturated rings. The number of carbonyl (C=O) groups excluding carboxylic acids is 3. The Morgan fingerprint density at radius 1 is 1.23 bits per heavy atom. The smallest absolute Gasteiger partial charge is 0.325 e. The molecular weight excluding hydrogens is 365 g/mol. The number of halogens is 2. The molecule has 0 aliphatic carbocycles. The van der Waals surface area contributed by atoms with Gasteiger partial charge in [0.15, 0.2) is 6.61 Å². The van der Waals surface area contributed by atoms with Gasteiger partial charge in [-0.25, -0.2) is 4.39 Å². The average molecular weight is 380 g/mol. The molecular formula is C17H15ClFN3O4. The first-order valence-electron chi connectivity index (χ1n) is 7.46. The van der Waals surface area contributed by atoms with E-state index in [-0.39, 0.29) is 11.4 Å². The molecule has 2 aromatic rings. The van der Waals surface area contributed by atoms with Crippen LogP contribution >= 0.6 is 11.6 Å². The number of benzene rings is 1. The molecule has 7 nitrogen and oxygen atoms in total. The van der Waals surface area contributed by atoms with Crippen molar-refractivity contribution in [3.05, 3.63) is 58.6 Å². The van der Waals surface area contributed by atoms with Crippen LogP contribution in [0.25, 0.3) is 0 Å². The number of anilines is 1. The van der Waals surface area contributed by atoms with Crippen LogP contribution in [-0.4, -0.2) is 35.9 Å². The van der Waals surface area contributed by atoms with Gasteiger partial charge in [0, 0.05) is 16.9 Å². The lowest BCUT2D eigenvalue weighted by Gasteiger charge is -2.08. The molecule has 9 heteroatoms. The Morgan fingerprint density at radius 3 is 2.69 bits per heavy atom. The molecule has 1 heterocycles. The summed E-state index contributed by atoms with van der Waals surface area (Å²) in [5.74, 6) is -2.52. The molecule has 136 valence electrons. The predicted molar refractivity (Wildman–Crippen MR) is 92.3 cm³/mol. The van der Waals surface area contributed by atoms with E-state index in [4.69, 9.17) is 16.3 Å². The number of aromatic nitrogens is 1. The van der Waals surface area contributed by atoms with Gasteiger partial charge in [-0.3, -0.25) is 19.4 Å². The summed E-state index contributed by atoms with van der Waals surface area (Å²) in [6, 6.07) is 7.04. The molecule has 1 aromatic heterocycles. The number of amides is 2. The number of ether oxygens (including phenoxy) is 1. The van der Waals surface area contributed by atoms with E-state index in [0.717, 1.165) is 6.07 Å². The number of hydrogen-bond acceptors (Lipinski definition) is 5. The summed E-state index contributed by atoms with van der Waals surface area (Å²) in [6.45, 7) is 0.578. The van der Waals surface area contributed by atoms with Crippen LogP contribution in [0.2, 0.25) is 5.02 Å². The largest absolute Gasteiger partial charge is 0.454 e. The van der Waals surface area contributed by atoms with Crippen molar-refractivity contribution < 1.29 is 23.5 Å². The van der Waals surface area contributed by atoms with Crippen LogP contribution < -0.4 is 10.6 Å². The van der Waals surface area contributed by atoms with E-state index in [0.29, 0.717) is 10.6 Å². The zero-order valence-electron chi connectivity index (χ0n) is 13.7. The number of pyridine rings is 1. The first kappa shape index (κ1) is 19.3. The second-order valence-electron chi connectivity index (χ2n) is 5.21. The van der Waals surface area contributed by atoms with Gasteiger partial charge in [0.25, 0.3) is 11.8 Å². The van der Waals surface area contributed by atoms with Crippen LogP contribution in [0.5, 0.6) is 0 Å². The molecule has 0 aliphatic heterocycles. The van der Waals surface area contributed by atoms with Crippen LogP contribution in [0, 0.1) is 12.7 Å². The Balaban J connectivity index is 1.74. The van der Waals surface area contributed by atoms with Gasteiger partial charge < -0.3 is 15.4 Å². The summed E-state index contributed by atoms with van der Waals surface area (Å²) in [5, 5.41) is 5.02. The molecule has 0 atom stereocenters. The number of nitrogens with zero attached hydrogens (tertiary/aromatic N) is 1. The molecule has 26 heavy (non-hydrogen) atoms. The molecule has 2 amide bonds. The minimum atomic E-state index is -0.814. The fourth-order valence-electron chi connectivity index (χ4n) is 1.84. The molecule has 0 radical (unpaired) electrons. The Morgan fingerprint density at radius 2 is 2.00 bits per heavy atom. The third-order valence-electron chi connectivity index (χ3n) is 3.17. The maximum atomic E-state index is 13.4. The van der Waals surface area contributed by atoms with Crippen LogP contribution in [0.1, 0.15) is 16.1 Å². The van der Waals surface area contributed by atoms with Gasteiger partial charge in [0.1, 0.15) is 18.1 Å². The average Bonchev–Trinajstić information content (AvgIpc) is 2.61. The maximum absolute atomic E-state index is 13.4. The van der Waals surface area contributed by atoms with Gasteiger partial charge in [-0.2, -0.15) is 0 Å². The summed E-state index contributed by atoms with van der Waals surface area (Å²) in [6.07, 6.45) is 1.35. The zero-order chi connectivity index (χ0) is 19.1. The summed E-state index contributed by atoms with van der Waals surface area (Å²) in [7, 11) is 0. The first-order chi connectivity index (χ1) is 12.3. The number of nitrogens with one attached hydrogen (secondary N) is 2. The topological polar surface area (TPSA) is 97.4 Å². The van der Waals surface area contributed by atoms with E-state index in [1.54, 1.807) is 6.92 Å². The summed E-state index contributed by atoms with van der Waals surface area (Å²) >= 11 is 5.74. The number of esters is 1. The summed E-state index contributed by atoms with van der Waals surface area (Å²) in [4.78, 5) is 38.9. The van der Waals surface area contributed by atoms with Crippen LogP contribution in [-0.2, 0) is 14.3 Å². The number of rotatable bonds is 6. The van der Waals surface area contributed by atoms with E-state index in [9.17, 15) is 18.8 Å². The van der Waals surface area contributed by atoms with E-state index in [2.05, 4.69) is 15.6 Å². The highest BCUT2D eigenvalue weighted by atomic mass is 35.5. The SMILES string of the molecule is Cc1ccc(NC(=O)COC(=O)CNC(=O)c2cc(Cl)ccn2)cc1F. The molecule has 0 unspecified atom stereocenters. The fraction of sp³-hybridized carbons (Fsp3) is 0.176. The van der Waals surface area contributed by atoms with Gasteiger partial charge in [0.2, 0.25) is 0 Å². The molecule has 0 saturated heterocycles. The fourth-order valence-corrected chi connectivity index (χ4v) is 2.00.